The standard InChI is InChI=1S/C13H22NO4P/c1-6-13-10(3)16-11(9(2)17-13)12(13)18-19(5)15-8-7-14-4/h9-12H,6-8H2,1-3,5H3/t9-,10+,11-,12-,13-,19?/m0/s1. The van der Waals surface area contributed by atoms with E-state index in [0.717, 1.165) is 6.42 Å². The van der Waals surface area contributed by atoms with Crippen LogP contribution in [0.5, 0.6) is 0 Å². The SMILES string of the molecule is [C-]#[N+]CCOP(C)O[C@H]1[C@H]2O[C@H](C)[C@]1(CC)O[C@H]2C. The lowest BCUT2D eigenvalue weighted by Crippen LogP contribution is -2.46. The molecule has 1 unspecified atom stereocenters. The highest BCUT2D eigenvalue weighted by Crippen LogP contribution is 2.52. The summed E-state index contributed by atoms with van der Waals surface area (Å²) in [5, 5.41) is 0. The van der Waals surface area contributed by atoms with Gasteiger partial charge in [-0.3, -0.25) is 0 Å². The molecule has 6 heteroatoms. The van der Waals surface area contributed by atoms with Gasteiger partial charge in [-0.25, -0.2) is 6.57 Å². The monoisotopic (exact) mass is 287 g/mol. The number of rotatable bonds is 6. The highest BCUT2D eigenvalue weighted by Gasteiger charge is 2.64. The molecule has 2 bridgehead atoms. The fourth-order valence-corrected chi connectivity index (χ4v) is 4.01. The van der Waals surface area contributed by atoms with Gasteiger partial charge in [0.1, 0.15) is 24.4 Å². The van der Waals surface area contributed by atoms with E-state index in [1.807, 2.05) is 20.5 Å². The van der Waals surface area contributed by atoms with E-state index in [9.17, 15) is 0 Å². The van der Waals surface area contributed by atoms with E-state index in [-0.39, 0.29) is 30.0 Å². The van der Waals surface area contributed by atoms with Crippen LogP contribution in [0.3, 0.4) is 0 Å². The molecule has 2 rings (SSSR count). The van der Waals surface area contributed by atoms with Crippen LogP contribution in [0.15, 0.2) is 0 Å². The number of fused-ring (bicyclic) bond motifs is 2. The molecule has 0 saturated carbocycles. The Labute approximate surface area is 116 Å². The molecule has 2 fully saturated rings. The zero-order chi connectivity index (χ0) is 14.0. The molecular formula is C13H22NO4P. The van der Waals surface area contributed by atoms with Gasteiger partial charge in [-0.05, 0) is 20.3 Å². The fraction of sp³-hybridized carbons (Fsp3) is 0.923. The van der Waals surface area contributed by atoms with Gasteiger partial charge in [-0.2, -0.15) is 0 Å². The van der Waals surface area contributed by atoms with E-state index in [1.165, 1.54) is 0 Å². The number of hydrogen-bond acceptors (Lipinski definition) is 4. The van der Waals surface area contributed by atoms with Crippen molar-refractivity contribution in [1.82, 2.24) is 0 Å². The Bertz CT molecular complexity index is 361. The molecule has 0 amide bonds. The zero-order valence-corrected chi connectivity index (χ0v) is 12.9. The second-order valence-corrected chi connectivity index (χ2v) is 6.40. The van der Waals surface area contributed by atoms with E-state index < -0.39 is 8.38 Å². The number of nitrogens with zero attached hydrogens (tertiary/aromatic N) is 1. The highest BCUT2D eigenvalue weighted by molar-refractivity contribution is 7.46. The van der Waals surface area contributed by atoms with Crippen LogP contribution in [0.2, 0.25) is 0 Å². The Morgan fingerprint density at radius 1 is 1.42 bits per heavy atom. The van der Waals surface area contributed by atoms with Gasteiger partial charge >= 0.3 is 0 Å². The smallest absolute Gasteiger partial charge is 0.238 e. The third kappa shape index (κ3) is 2.66. The van der Waals surface area contributed by atoms with Crippen molar-refractivity contribution in [3.05, 3.63) is 11.4 Å². The number of hydrogen-bond donors (Lipinski definition) is 0. The fourth-order valence-electron chi connectivity index (χ4n) is 2.99. The molecule has 0 aromatic rings. The van der Waals surface area contributed by atoms with E-state index >= 15 is 0 Å². The quantitative estimate of drug-likeness (QED) is 0.428. The van der Waals surface area contributed by atoms with Crippen molar-refractivity contribution in [3.8, 4) is 0 Å². The topological polar surface area (TPSA) is 41.3 Å². The Morgan fingerprint density at radius 2 is 2.16 bits per heavy atom. The molecule has 0 N–H and O–H groups in total. The third-order valence-electron chi connectivity index (χ3n) is 3.99. The van der Waals surface area contributed by atoms with Gasteiger partial charge in [0.15, 0.2) is 8.38 Å². The minimum atomic E-state index is -0.995. The molecule has 0 aromatic heterocycles. The lowest BCUT2D eigenvalue weighted by atomic mass is 9.90. The van der Waals surface area contributed by atoms with Crippen molar-refractivity contribution in [3.63, 3.8) is 0 Å². The van der Waals surface area contributed by atoms with Gasteiger partial charge in [0.2, 0.25) is 6.54 Å². The Morgan fingerprint density at radius 3 is 2.79 bits per heavy atom. The van der Waals surface area contributed by atoms with Crippen LogP contribution in [0.1, 0.15) is 27.2 Å². The van der Waals surface area contributed by atoms with Crippen LogP contribution in [-0.2, 0) is 18.5 Å². The van der Waals surface area contributed by atoms with E-state index in [0.29, 0.717) is 13.2 Å². The normalized spacial score (nSPS) is 42.3. The lowest BCUT2D eigenvalue weighted by Gasteiger charge is -2.35. The van der Waals surface area contributed by atoms with Crippen molar-refractivity contribution in [2.75, 3.05) is 19.8 Å². The second kappa shape index (κ2) is 6.03. The molecule has 108 valence electrons. The molecule has 2 saturated heterocycles. The van der Waals surface area contributed by atoms with E-state index in [2.05, 4.69) is 11.8 Å². The second-order valence-electron chi connectivity index (χ2n) is 5.06. The van der Waals surface area contributed by atoms with Gasteiger partial charge in [0.25, 0.3) is 0 Å². The van der Waals surface area contributed by atoms with Gasteiger partial charge < -0.3 is 23.4 Å². The minimum absolute atomic E-state index is 0.00985. The van der Waals surface area contributed by atoms with Crippen molar-refractivity contribution in [2.45, 2.75) is 57.2 Å². The summed E-state index contributed by atoms with van der Waals surface area (Å²) < 4.78 is 23.7. The molecule has 0 aliphatic carbocycles. The first-order valence-electron chi connectivity index (χ1n) is 6.75. The number of ether oxygens (including phenoxy) is 2. The van der Waals surface area contributed by atoms with Crippen LogP contribution < -0.4 is 0 Å². The molecular weight excluding hydrogens is 265 g/mol. The summed E-state index contributed by atoms with van der Waals surface area (Å²) in [6, 6.07) is 0. The van der Waals surface area contributed by atoms with Gasteiger partial charge in [-0.15, -0.1) is 0 Å². The first-order chi connectivity index (χ1) is 9.05. The average molecular weight is 287 g/mol. The van der Waals surface area contributed by atoms with Crippen molar-refractivity contribution >= 4 is 8.38 Å². The summed E-state index contributed by atoms with van der Waals surface area (Å²) in [6.45, 7) is 15.6. The van der Waals surface area contributed by atoms with Crippen LogP contribution >= 0.6 is 8.38 Å². The molecule has 19 heavy (non-hydrogen) atoms. The summed E-state index contributed by atoms with van der Waals surface area (Å²) in [5.41, 5.74) is -0.343. The molecule has 2 heterocycles. The Kier molecular flexibility index (Phi) is 4.81. The van der Waals surface area contributed by atoms with Gasteiger partial charge in [-0.1, -0.05) is 6.92 Å². The predicted octanol–water partition coefficient (Wildman–Crippen LogP) is 2.60. The van der Waals surface area contributed by atoms with Crippen molar-refractivity contribution < 1.29 is 18.5 Å². The minimum Gasteiger partial charge on any atom is -0.367 e. The summed E-state index contributed by atoms with van der Waals surface area (Å²) in [4.78, 5) is 3.27. The zero-order valence-electron chi connectivity index (χ0n) is 12.0. The first kappa shape index (κ1) is 15.2. The largest absolute Gasteiger partial charge is 0.367 e. The summed E-state index contributed by atoms with van der Waals surface area (Å²) >= 11 is 0. The average Bonchev–Trinajstić information content (AvgIpc) is 2.78. The predicted molar refractivity (Wildman–Crippen MR) is 73.0 cm³/mol. The van der Waals surface area contributed by atoms with Crippen LogP contribution in [-0.4, -0.2) is 49.8 Å². The van der Waals surface area contributed by atoms with E-state index in [1.54, 1.807) is 0 Å². The van der Waals surface area contributed by atoms with Crippen molar-refractivity contribution in [1.29, 1.82) is 0 Å². The molecule has 2 aliphatic rings. The molecule has 0 spiro atoms. The molecule has 2 aliphatic heterocycles. The maximum absolute atomic E-state index is 6.73. The molecule has 5 nitrogen and oxygen atoms in total. The van der Waals surface area contributed by atoms with Crippen LogP contribution in [0.4, 0.5) is 0 Å². The lowest BCUT2D eigenvalue weighted by molar-refractivity contribution is -0.176. The van der Waals surface area contributed by atoms with Crippen LogP contribution in [0, 0.1) is 6.57 Å². The van der Waals surface area contributed by atoms with Gasteiger partial charge in [0.05, 0.1) is 12.2 Å². The third-order valence-corrected chi connectivity index (χ3v) is 5.06. The highest BCUT2D eigenvalue weighted by atomic mass is 31.2. The maximum atomic E-state index is 6.73. The molecule has 6 atom stereocenters. The summed E-state index contributed by atoms with van der Waals surface area (Å²) in [7, 11) is -0.995. The molecule has 0 radical (unpaired) electrons. The van der Waals surface area contributed by atoms with E-state index in [4.69, 9.17) is 25.1 Å². The van der Waals surface area contributed by atoms with Gasteiger partial charge in [0, 0.05) is 6.66 Å². The maximum Gasteiger partial charge on any atom is 0.238 e. The Balaban J connectivity index is 1.98. The summed E-state index contributed by atoms with van der Waals surface area (Å²) in [6.07, 6.45) is 0.907. The summed E-state index contributed by atoms with van der Waals surface area (Å²) in [5.74, 6) is 0. The van der Waals surface area contributed by atoms with Crippen molar-refractivity contribution in [2.24, 2.45) is 0 Å². The molecule has 0 aromatic carbocycles. The van der Waals surface area contributed by atoms with Crippen LogP contribution in [0.25, 0.3) is 4.85 Å². The first-order valence-corrected chi connectivity index (χ1v) is 8.37. The Hall–Kier alpha value is -0.240.